The molecular formula is C23H35N3O2. The number of carbonyl (C=O) groups is 1. The van der Waals surface area contributed by atoms with Gasteiger partial charge >= 0.3 is 0 Å². The van der Waals surface area contributed by atoms with E-state index in [0.29, 0.717) is 29.5 Å². The third-order valence-electron chi connectivity index (χ3n) is 7.17. The zero-order valence-electron chi connectivity index (χ0n) is 17.6. The van der Waals surface area contributed by atoms with Gasteiger partial charge in [-0.25, -0.2) is 0 Å². The summed E-state index contributed by atoms with van der Waals surface area (Å²) in [6, 6.07) is 4.53. The first kappa shape index (κ1) is 19.7. The van der Waals surface area contributed by atoms with Crippen molar-refractivity contribution in [3.63, 3.8) is 0 Å². The van der Waals surface area contributed by atoms with Crippen LogP contribution < -0.4 is 5.56 Å². The predicted octanol–water partition coefficient (Wildman–Crippen LogP) is 3.43. The molecule has 154 valence electrons. The fourth-order valence-corrected chi connectivity index (χ4v) is 5.96. The molecule has 0 spiro atoms. The van der Waals surface area contributed by atoms with E-state index < -0.39 is 0 Å². The summed E-state index contributed by atoms with van der Waals surface area (Å²) in [7, 11) is 0. The van der Waals surface area contributed by atoms with Crippen LogP contribution in [0.3, 0.4) is 0 Å². The lowest BCUT2D eigenvalue weighted by Crippen LogP contribution is -2.64. The van der Waals surface area contributed by atoms with Crippen LogP contribution in [0.4, 0.5) is 0 Å². The average Bonchev–Trinajstić information content (AvgIpc) is 2.66. The minimum Gasteiger partial charge on any atom is -0.338 e. The van der Waals surface area contributed by atoms with Crippen LogP contribution in [0.15, 0.2) is 16.9 Å². The van der Waals surface area contributed by atoms with Gasteiger partial charge in [-0.05, 0) is 69.4 Å². The number of nitrogens with zero attached hydrogens (tertiary/aromatic N) is 2. The highest BCUT2D eigenvalue weighted by atomic mass is 16.2. The van der Waals surface area contributed by atoms with E-state index in [1.165, 1.54) is 51.1 Å². The first-order chi connectivity index (χ1) is 13.4. The number of piperidine rings is 3. The number of rotatable bonds is 4. The molecule has 0 aromatic carbocycles. The van der Waals surface area contributed by atoms with Crippen molar-refractivity contribution in [2.75, 3.05) is 19.6 Å². The van der Waals surface area contributed by atoms with Gasteiger partial charge in [0.15, 0.2) is 0 Å². The molecule has 0 aliphatic carbocycles. The Hall–Kier alpha value is -1.62. The second kappa shape index (κ2) is 8.02. The summed E-state index contributed by atoms with van der Waals surface area (Å²) in [4.78, 5) is 32.7. The van der Waals surface area contributed by atoms with Gasteiger partial charge in [-0.3, -0.25) is 14.5 Å². The second-order valence-corrected chi connectivity index (χ2v) is 9.72. The average molecular weight is 386 g/mol. The molecule has 0 radical (unpaired) electrons. The Balaban J connectivity index is 1.57. The standard InChI is InChI=1S/C23H35N3O2/c1-15(2)7-8-21-19-11-18(20-6-4-5-9-26(20)21)13-25(14-19)23(28)17-10-16(3)24-22(27)12-17/h10,12,15,18-21H,4-9,11,13-14H2,1-3H3,(H,24,27)/t18-,19+,20+,21+/m1/s1. The van der Waals surface area contributed by atoms with Crippen LogP contribution in [0.5, 0.6) is 0 Å². The maximum absolute atomic E-state index is 13.2. The SMILES string of the molecule is Cc1cc(C(=O)N2C[C@H]3C[C@@H](C2)[C@H](CCC(C)C)N2CCCC[C@@H]32)cc(=O)[nH]1. The van der Waals surface area contributed by atoms with Crippen LogP contribution in [-0.4, -0.2) is 52.4 Å². The molecule has 1 amide bonds. The summed E-state index contributed by atoms with van der Waals surface area (Å²) in [5.74, 6) is 1.91. The number of aromatic amines is 1. The Bertz CT molecular complexity index is 771. The Morgan fingerprint density at radius 3 is 2.75 bits per heavy atom. The van der Waals surface area contributed by atoms with Crippen molar-refractivity contribution in [3.05, 3.63) is 33.7 Å². The largest absolute Gasteiger partial charge is 0.338 e. The minimum atomic E-state index is -0.186. The highest BCUT2D eigenvalue weighted by Crippen LogP contribution is 2.43. The summed E-state index contributed by atoms with van der Waals surface area (Å²) >= 11 is 0. The monoisotopic (exact) mass is 385 g/mol. The first-order valence-corrected chi connectivity index (χ1v) is 11.2. The molecule has 4 heterocycles. The molecule has 3 aliphatic heterocycles. The third kappa shape index (κ3) is 3.91. The molecular weight excluding hydrogens is 350 g/mol. The number of aromatic nitrogens is 1. The molecule has 1 aromatic heterocycles. The molecule has 3 aliphatic rings. The minimum absolute atomic E-state index is 0.0377. The van der Waals surface area contributed by atoms with E-state index in [1.807, 2.05) is 13.0 Å². The van der Waals surface area contributed by atoms with Crippen molar-refractivity contribution in [2.24, 2.45) is 17.8 Å². The molecule has 0 unspecified atom stereocenters. The van der Waals surface area contributed by atoms with Crippen molar-refractivity contribution in [1.29, 1.82) is 0 Å². The number of amides is 1. The van der Waals surface area contributed by atoms with Gasteiger partial charge in [0, 0.05) is 42.5 Å². The molecule has 4 rings (SSSR count). The van der Waals surface area contributed by atoms with Crippen LogP contribution in [0.25, 0.3) is 0 Å². The Morgan fingerprint density at radius 1 is 1.21 bits per heavy atom. The molecule has 1 N–H and O–H groups in total. The van der Waals surface area contributed by atoms with Crippen LogP contribution >= 0.6 is 0 Å². The van der Waals surface area contributed by atoms with Gasteiger partial charge in [0.05, 0.1) is 0 Å². The van der Waals surface area contributed by atoms with Crippen molar-refractivity contribution >= 4 is 5.91 Å². The van der Waals surface area contributed by atoms with Crippen molar-refractivity contribution < 1.29 is 4.79 Å². The number of hydrogen-bond acceptors (Lipinski definition) is 3. The molecule has 1 aromatic rings. The van der Waals surface area contributed by atoms with Gasteiger partial charge in [0.1, 0.15) is 0 Å². The summed E-state index contributed by atoms with van der Waals surface area (Å²) in [6.45, 7) is 9.38. The number of fused-ring (bicyclic) bond motifs is 4. The van der Waals surface area contributed by atoms with Crippen molar-refractivity contribution in [2.45, 2.75) is 71.4 Å². The highest BCUT2D eigenvalue weighted by Gasteiger charge is 2.47. The quantitative estimate of drug-likeness (QED) is 0.864. The van der Waals surface area contributed by atoms with Gasteiger partial charge in [-0.15, -0.1) is 0 Å². The number of nitrogens with one attached hydrogen (secondary N) is 1. The Morgan fingerprint density at radius 2 is 2.00 bits per heavy atom. The van der Waals surface area contributed by atoms with E-state index in [9.17, 15) is 9.59 Å². The lowest BCUT2D eigenvalue weighted by Gasteiger charge is -2.57. The zero-order valence-corrected chi connectivity index (χ0v) is 17.6. The van der Waals surface area contributed by atoms with E-state index in [-0.39, 0.29) is 11.5 Å². The summed E-state index contributed by atoms with van der Waals surface area (Å²) in [6.07, 6.45) is 7.70. The smallest absolute Gasteiger partial charge is 0.254 e. The lowest BCUT2D eigenvalue weighted by molar-refractivity contribution is -0.0681. The Labute approximate surface area is 168 Å². The van der Waals surface area contributed by atoms with Crippen LogP contribution in [0.1, 0.15) is 68.4 Å². The number of carbonyl (C=O) groups excluding carboxylic acids is 1. The maximum Gasteiger partial charge on any atom is 0.254 e. The van der Waals surface area contributed by atoms with E-state index in [0.717, 1.165) is 24.7 Å². The number of hydrogen-bond donors (Lipinski definition) is 1. The molecule has 28 heavy (non-hydrogen) atoms. The molecule has 5 nitrogen and oxygen atoms in total. The number of aryl methyl sites for hydroxylation is 1. The molecule has 2 bridgehead atoms. The summed E-state index contributed by atoms with van der Waals surface area (Å²) in [5.41, 5.74) is 1.11. The van der Waals surface area contributed by atoms with Gasteiger partial charge in [-0.1, -0.05) is 20.3 Å². The van der Waals surface area contributed by atoms with Gasteiger partial charge in [-0.2, -0.15) is 0 Å². The molecule has 3 fully saturated rings. The summed E-state index contributed by atoms with van der Waals surface area (Å²) in [5, 5.41) is 0. The fourth-order valence-electron chi connectivity index (χ4n) is 5.96. The Kier molecular flexibility index (Phi) is 5.64. The predicted molar refractivity (Wildman–Crippen MR) is 112 cm³/mol. The van der Waals surface area contributed by atoms with E-state index in [1.54, 1.807) is 0 Å². The molecule has 5 heteroatoms. The number of likely N-dealkylation sites (tertiary alicyclic amines) is 1. The van der Waals surface area contributed by atoms with Gasteiger partial charge < -0.3 is 9.88 Å². The third-order valence-corrected chi connectivity index (χ3v) is 7.17. The van der Waals surface area contributed by atoms with Crippen LogP contribution in [-0.2, 0) is 0 Å². The fraction of sp³-hybridized carbons (Fsp3) is 0.739. The van der Waals surface area contributed by atoms with Crippen LogP contribution in [0, 0.1) is 24.7 Å². The van der Waals surface area contributed by atoms with Crippen molar-refractivity contribution in [1.82, 2.24) is 14.8 Å². The normalized spacial score (nSPS) is 30.4. The first-order valence-electron chi connectivity index (χ1n) is 11.2. The topological polar surface area (TPSA) is 56.4 Å². The number of pyridine rings is 1. The molecule has 4 atom stereocenters. The zero-order chi connectivity index (χ0) is 19.8. The highest BCUT2D eigenvalue weighted by molar-refractivity contribution is 5.94. The van der Waals surface area contributed by atoms with E-state index in [2.05, 4.69) is 28.6 Å². The van der Waals surface area contributed by atoms with E-state index in [4.69, 9.17) is 0 Å². The summed E-state index contributed by atoms with van der Waals surface area (Å²) < 4.78 is 0. The molecule has 0 saturated carbocycles. The van der Waals surface area contributed by atoms with Gasteiger partial charge in [0.2, 0.25) is 5.56 Å². The van der Waals surface area contributed by atoms with Crippen LogP contribution in [0.2, 0.25) is 0 Å². The van der Waals surface area contributed by atoms with Gasteiger partial charge in [0.25, 0.3) is 5.91 Å². The van der Waals surface area contributed by atoms with E-state index >= 15 is 0 Å². The second-order valence-electron chi connectivity index (χ2n) is 9.72. The van der Waals surface area contributed by atoms with Crippen molar-refractivity contribution in [3.8, 4) is 0 Å². The number of H-pyrrole nitrogens is 1. The maximum atomic E-state index is 13.2. The molecule has 3 saturated heterocycles. The lowest BCUT2D eigenvalue weighted by atomic mass is 9.71.